The standard InChI is InChI=1S/C19H21ClN2O/c1-14-8-2-5-11-17(14)21-19(23)18(22-12-6-7-13-22)15-9-3-4-10-16(15)20/h2-5,8-11,18H,6-7,12-13H2,1H3,(H,21,23). The average molecular weight is 329 g/mol. The molecule has 1 heterocycles. The summed E-state index contributed by atoms with van der Waals surface area (Å²) in [5, 5.41) is 3.72. The van der Waals surface area contributed by atoms with Gasteiger partial charge in [0, 0.05) is 10.7 Å². The van der Waals surface area contributed by atoms with Crippen LogP contribution in [0.2, 0.25) is 5.02 Å². The van der Waals surface area contributed by atoms with Crippen molar-refractivity contribution in [1.82, 2.24) is 4.90 Å². The molecule has 2 aromatic rings. The molecule has 0 radical (unpaired) electrons. The number of nitrogens with zero attached hydrogens (tertiary/aromatic N) is 1. The molecule has 1 fully saturated rings. The van der Waals surface area contributed by atoms with E-state index in [2.05, 4.69) is 10.2 Å². The van der Waals surface area contributed by atoms with Crippen LogP contribution < -0.4 is 5.32 Å². The molecule has 120 valence electrons. The summed E-state index contributed by atoms with van der Waals surface area (Å²) in [4.78, 5) is 15.2. The Hall–Kier alpha value is -1.84. The van der Waals surface area contributed by atoms with E-state index < -0.39 is 0 Å². The number of hydrogen-bond donors (Lipinski definition) is 1. The summed E-state index contributed by atoms with van der Waals surface area (Å²) >= 11 is 6.37. The monoisotopic (exact) mass is 328 g/mol. The Balaban J connectivity index is 1.90. The largest absolute Gasteiger partial charge is 0.324 e. The van der Waals surface area contributed by atoms with E-state index in [9.17, 15) is 4.79 Å². The Morgan fingerprint density at radius 3 is 2.43 bits per heavy atom. The van der Waals surface area contributed by atoms with Gasteiger partial charge in [-0.05, 0) is 56.1 Å². The number of nitrogens with one attached hydrogen (secondary N) is 1. The third kappa shape index (κ3) is 3.57. The Labute approximate surface area is 142 Å². The number of carbonyl (C=O) groups is 1. The van der Waals surface area contributed by atoms with E-state index in [-0.39, 0.29) is 11.9 Å². The van der Waals surface area contributed by atoms with Gasteiger partial charge in [-0.15, -0.1) is 0 Å². The van der Waals surface area contributed by atoms with Crippen molar-refractivity contribution in [2.24, 2.45) is 0 Å². The molecule has 1 atom stereocenters. The Morgan fingerprint density at radius 1 is 1.09 bits per heavy atom. The smallest absolute Gasteiger partial charge is 0.246 e. The highest BCUT2D eigenvalue weighted by molar-refractivity contribution is 6.31. The normalized spacial score (nSPS) is 16.3. The Kier molecular flexibility index (Phi) is 4.99. The zero-order chi connectivity index (χ0) is 16.2. The van der Waals surface area contributed by atoms with Gasteiger partial charge in [-0.3, -0.25) is 9.69 Å². The van der Waals surface area contributed by atoms with E-state index in [1.807, 2.05) is 55.5 Å². The second-order valence-electron chi connectivity index (χ2n) is 5.97. The number of rotatable bonds is 4. The average Bonchev–Trinajstić information content (AvgIpc) is 3.06. The van der Waals surface area contributed by atoms with Crippen molar-refractivity contribution in [3.05, 3.63) is 64.7 Å². The highest BCUT2D eigenvalue weighted by atomic mass is 35.5. The molecule has 0 aliphatic carbocycles. The first-order valence-corrected chi connectivity index (χ1v) is 8.39. The third-order valence-electron chi connectivity index (χ3n) is 4.36. The molecule has 3 nitrogen and oxygen atoms in total. The Morgan fingerprint density at radius 2 is 1.74 bits per heavy atom. The van der Waals surface area contributed by atoms with Gasteiger partial charge < -0.3 is 5.32 Å². The second-order valence-corrected chi connectivity index (χ2v) is 6.38. The molecular formula is C19H21ClN2O. The molecule has 0 spiro atoms. The number of para-hydroxylation sites is 1. The summed E-state index contributed by atoms with van der Waals surface area (Å²) < 4.78 is 0. The molecule has 1 aliphatic heterocycles. The fraction of sp³-hybridized carbons (Fsp3) is 0.316. The molecule has 1 saturated heterocycles. The second kappa shape index (κ2) is 7.16. The van der Waals surface area contributed by atoms with E-state index in [1.165, 1.54) is 0 Å². The summed E-state index contributed by atoms with van der Waals surface area (Å²) in [5.74, 6) is -0.0192. The van der Waals surface area contributed by atoms with Gasteiger partial charge in [0.1, 0.15) is 6.04 Å². The fourth-order valence-corrected chi connectivity index (χ4v) is 3.35. The van der Waals surface area contributed by atoms with Crippen molar-refractivity contribution in [1.29, 1.82) is 0 Å². The van der Waals surface area contributed by atoms with Crippen molar-refractivity contribution < 1.29 is 4.79 Å². The number of amides is 1. The van der Waals surface area contributed by atoms with E-state index in [4.69, 9.17) is 11.6 Å². The molecule has 4 heteroatoms. The maximum Gasteiger partial charge on any atom is 0.246 e. The van der Waals surface area contributed by atoms with Crippen LogP contribution in [0.15, 0.2) is 48.5 Å². The van der Waals surface area contributed by atoms with E-state index >= 15 is 0 Å². The molecule has 23 heavy (non-hydrogen) atoms. The quantitative estimate of drug-likeness (QED) is 0.900. The number of halogens is 1. The first-order valence-electron chi connectivity index (χ1n) is 8.02. The van der Waals surface area contributed by atoms with E-state index in [0.717, 1.165) is 42.7 Å². The number of anilines is 1. The van der Waals surface area contributed by atoms with E-state index in [0.29, 0.717) is 5.02 Å². The van der Waals surface area contributed by atoms with Crippen LogP contribution in [-0.4, -0.2) is 23.9 Å². The number of carbonyl (C=O) groups excluding carboxylic acids is 1. The molecule has 0 bridgehead atoms. The van der Waals surface area contributed by atoms with Crippen molar-refractivity contribution in [2.75, 3.05) is 18.4 Å². The lowest BCUT2D eigenvalue weighted by molar-refractivity contribution is -0.121. The number of likely N-dealkylation sites (tertiary alicyclic amines) is 1. The third-order valence-corrected chi connectivity index (χ3v) is 4.70. The predicted octanol–water partition coefficient (Wildman–Crippen LogP) is 4.42. The summed E-state index contributed by atoms with van der Waals surface area (Å²) in [6.45, 7) is 3.85. The summed E-state index contributed by atoms with van der Waals surface area (Å²) in [6, 6.07) is 15.1. The number of hydrogen-bond acceptors (Lipinski definition) is 2. The Bertz CT molecular complexity index is 695. The minimum Gasteiger partial charge on any atom is -0.324 e. The molecule has 0 aromatic heterocycles. The van der Waals surface area contributed by atoms with Crippen LogP contribution in [0.4, 0.5) is 5.69 Å². The molecule has 1 unspecified atom stereocenters. The molecule has 1 N–H and O–H groups in total. The maximum atomic E-state index is 13.0. The highest BCUT2D eigenvalue weighted by Crippen LogP contribution is 2.31. The van der Waals surface area contributed by atoms with Gasteiger partial charge in [0.25, 0.3) is 0 Å². The SMILES string of the molecule is Cc1ccccc1NC(=O)C(c1ccccc1Cl)N1CCCC1. The van der Waals surface area contributed by atoms with Crippen molar-refractivity contribution in [3.63, 3.8) is 0 Å². The fourth-order valence-electron chi connectivity index (χ4n) is 3.11. The molecule has 0 saturated carbocycles. The van der Waals surface area contributed by atoms with Gasteiger partial charge in [0.2, 0.25) is 5.91 Å². The summed E-state index contributed by atoms with van der Waals surface area (Å²) in [5.41, 5.74) is 2.79. The van der Waals surface area contributed by atoms with Crippen LogP contribution >= 0.6 is 11.6 Å². The van der Waals surface area contributed by atoms with Crippen LogP contribution in [0.1, 0.15) is 30.0 Å². The van der Waals surface area contributed by atoms with Crippen molar-refractivity contribution >= 4 is 23.2 Å². The lowest BCUT2D eigenvalue weighted by atomic mass is 10.0. The van der Waals surface area contributed by atoms with Crippen LogP contribution in [0.5, 0.6) is 0 Å². The first-order chi connectivity index (χ1) is 11.2. The minimum atomic E-state index is -0.342. The van der Waals surface area contributed by atoms with Crippen LogP contribution in [0.25, 0.3) is 0 Å². The molecule has 1 amide bonds. The number of aryl methyl sites for hydroxylation is 1. The topological polar surface area (TPSA) is 32.3 Å². The molecule has 1 aliphatic rings. The first kappa shape index (κ1) is 16.0. The van der Waals surface area contributed by atoms with Gasteiger partial charge in [-0.25, -0.2) is 0 Å². The maximum absolute atomic E-state index is 13.0. The van der Waals surface area contributed by atoms with Gasteiger partial charge in [-0.2, -0.15) is 0 Å². The predicted molar refractivity (Wildman–Crippen MR) is 94.8 cm³/mol. The highest BCUT2D eigenvalue weighted by Gasteiger charge is 2.31. The summed E-state index contributed by atoms with van der Waals surface area (Å²) in [6.07, 6.45) is 2.25. The zero-order valence-electron chi connectivity index (χ0n) is 13.3. The van der Waals surface area contributed by atoms with Crippen LogP contribution in [0.3, 0.4) is 0 Å². The zero-order valence-corrected chi connectivity index (χ0v) is 14.0. The van der Waals surface area contributed by atoms with Crippen molar-refractivity contribution in [2.45, 2.75) is 25.8 Å². The molecule has 2 aromatic carbocycles. The lowest BCUT2D eigenvalue weighted by Crippen LogP contribution is -2.35. The van der Waals surface area contributed by atoms with Gasteiger partial charge >= 0.3 is 0 Å². The van der Waals surface area contributed by atoms with Crippen LogP contribution in [0, 0.1) is 6.92 Å². The number of benzene rings is 2. The minimum absolute atomic E-state index is 0.0192. The molecular weight excluding hydrogens is 308 g/mol. The lowest BCUT2D eigenvalue weighted by Gasteiger charge is -2.27. The summed E-state index contributed by atoms with van der Waals surface area (Å²) in [7, 11) is 0. The van der Waals surface area contributed by atoms with Gasteiger partial charge in [0.05, 0.1) is 0 Å². The van der Waals surface area contributed by atoms with Crippen molar-refractivity contribution in [3.8, 4) is 0 Å². The molecule has 3 rings (SSSR count). The van der Waals surface area contributed by atoms with E-state index in [1.54, 1.807) is 0 Å². The van der Waals surface area contributed by atoms with Crippen LogP contribution in [-0.2, 0) is 4.79 Å². The van der Waals surface area contributed by atoms with Gasteiger partial charge in [-0.1, -0.05) is 48.0 Å². The van der Waals surface area contributed by atoms with Gasteiger partial charge in [0.15, 0.2) is 0 Å².